The van der Waals surface area contributed by atoms with Gasteiger partial charge in [0.05, 0.1) is 17.6 Å². The molecule has 5 nitrogen and oxygen atoms in total. The summed E-state index contributed by atoms with van der Waals surface area (Å²) in [5.74, 6) is 0.199. The van der Waals surface area contributed by atoms with Gasteiger partial charge in [-0.3, -0.25) is 4.79 Å². The van der Waals surface area contributed by atoms with Gasteiger partial charge in [-0.05, 0) is 86.4 Å². The Labute approximate surface area is 195 Å². The third-order valence-electron chi connectivity index (χ3n) is 6.59. The fourth-order valence-corrected chi connectivity index (χ4v) is 6.11. The highest BCUT2D eigenvalue weighted by Gasteiger charge is 2.48. The van der Waals surface area contributed by atoms with Crippen molar-refractivity contribution in [2.24, 2.45) is 5.92 Å². The van der Waals surface area contributed by atoms with E-state index in [0.717, 1.165) is 36.6 Å². The van der Waals surface area contributed by atoms with Gasteiger partial charge in [0.2, 0.25) is 20.7 Å². The van der Waals surface area contributed by atoms with Crippen LogP contribution in [0.4, 0.5) is 23.2 Å². The number of sulfone groups is 1. The van der Waals surface area contributed by atoms with E-state index in [2.05, 4.69) is 5.32 Å². The summed E-state index contributed by atoms with van der Waals surface area (Å²) in [5.41, 5.74) is 0.167. The molecule has 0 heterocycles. The molecule has 34 heavy (non-hydrogen) atoms. The van der Waals surface area contributed by atoms with E-state index in [1.807, 2.05) is 0 Å². The van der Waals surface area contributed by atoms with Crippen molar-refractivity contribution in [2.75, 3.05) is 12.4 Å². The number of nitrogens with one attached hydrogen (secondary N) is 1. The molecule has 184 valence electrons. The van der Waals surface area contributed by atoms with E-state index in [1.165, 1.54) is 7.11 Å². The molecule has 4 rings (SSSR count). The van der Waals surface area contributed by atoms with Crippen LogP contribution in [0.5, 0.6) is 5.75 Å². The van der Waals surface area contributed by atoms with Crippen LogP contribution in [0.2, 0.25) is 0 Å². The first-order valence-electron chi connectivity index (χ1n) is 11.0. The molecule has 0 radical (unpaired) electrons. The topological polar surface area (TPSA) is 72.5 Å². The van der Waals surface area contributed by atoms with E-state index >= 15 is 4.39 Å². The summed E-state index contributed by atoms with van der Waals surface area (Å²) in [6, 6.07) is 8.36. The van der Waals surface area contributed by atoms with Crippen molar-refractivity contribution < 1.29 is 35.5 Å². The molecule has 2 aliphatic rings. The normalized spacial score (nSPS) is 23.4. The van der Waals surface area contributed by atoms with Crippen LogP contribution in [0, 0.1) is 5.92 Å². The molecular formula is C24H25F4NO4S. The summed E-state index contributed by atoms with van der Waals surface area (Å²) < 4.78 is 86.2. The maximum absolute atomic E-state index is 15.8. The number of anilines is 1. The zero-order valence-corrected chi connectivity index (χ0v) is 19.3. The molecule has 2 aromatic carbocycles. The highest BCUT2D eigenvalue weighted by molar-refractivity contribution is 7.92. The van der Waals surface area contributed by atoms with Crippen LogP contribution < -0.4 is 10.1 Å². The van der Waals surface area contributed by atoms with E-state index in [1.54, 1.807) is 18.2 Å². The molecule has 10 heteroatoms. The quantitative estimate of drug-likeness (QED) is 0.506. The van der Waals surface area contributed by atoms with Crippen LogP contribution in [-0.2, 0) is 20.8 Å². The molecule has 0 aromatic heterocycles. The molecule has 0 aliphatic heterocycles. The zero-order chi connectivity index (χ0) is 24.7. The van der Waals surface area contributed by atoms with Gasteiger partial charge in [-0.2, -0.15) is 13.2 Å². The second-order valence-electron chi connectivity index (χ2n) is 8.90. The largest absolute Gasteiger partial charge is 0.497 e. The van der Waals surface area contributed by atoms with Crippen LogP contribution in [-0.4, -0.2) is 26.4 Å². The summed E-state index contributed by atoms with van der Waals surface area (Å²) in [7, 11) is -3.16. The van der Waals surface area contributed by atoms with E-state index in [4.69, 9.17) is 4.74 Å². The maximum atomic E-state index is 15.8. The number of benzene rings is 2. The van der Waals surface area contributed by atoms with Gasteiger partial charge in [-0.25, -0.2) is 12.8 Å². The Bertz CT molecular complexity index is 1180. The van der Waals surface area contributed by atoms with Crippen LogP contribution >= 0.6 is 0 Å². The Hall–Kier alpha value is -2.62. The first-order chi connectivity index (χ1) is 15.9. The highest BCUT2D eigenvalue weighted by Crippen LogP contribution is 2.47. The van der Waals surface area contributed by atoms with Crippen molar-refractivity contribution >= 4 is 21.4 Å². The number of ether oxygens (including phenoxy) is 1. The number of methoxy groups -OCH3 is 1. The molecule has 1 amide bonds. The summed E-state index contributed by atoms with van der Waals surface area (Å²) in [6.07, 6.45) is -3.52. The fourth-order valence-electron chi connectivity index (χ4n) is 4.38. The van der Waals surface area contributed by atoms with Gasteiger partial charge in [0.1, 0.15) is 5.75 Å². The number of amides is 1. The van der Waals surface area contributed by atoms with Crippen LogP contribution in [0.15, 0.2) is 47.4 Å². The lowest BCUT2D eigenvalue weighted by atomic mass is 9.82. The van der Waals surface area contributed by atoms with Crippen molar-refractivity contribution in [3.05, 3.63) is 53.6 Å². The van der Waals surface area contributed by atoms with E-state index in [-0.39, 0.29) is 43.4 Å². The minimum Gasteiger partial charge on any atom is -0.497 e. The summed E-state index contributed by atoms with van der Waals surface area (Å²) in [5, 5.41) is 0.229. The molecule has 2 aliphatic carbocycles. The second kappa shape index (κ2) is 8.87. The van der Waals surface area contributed by atoms with Crippen molar-refractivity contribution in [1.29, 1.82) is 0 Å². The highest BCUT2D eigenvalue weighted by atomic mass is 32.2. The third kappa shape index (κ3) is 4.78. The van der Waals surface area contributed by atoms with Crippen molar-refractivity contribution in [2.45, 2.75) is 60.5 Å². The number of alkyl halides is 4. The van der Waals surface area contributed by atoms with E-state index in [9.17, 15) is 26.4 Å². The summed E-state index contributed by atoms with van der Waals surface area (Å²) >= 11 is 0. The van der Waals surface area contributed by atoms with Gasteiger partial charge < -0.3 is 10.1 Å². The monoisotopic (exact) mass is 499 g/mol. The second-order valence-corrected chi connectivity index (χ2v) is 11.1. The van der Waals surface area contributed by atoms with Gasteiger partial charge in [-0.1, -0.05) is 6.07 Å². The molecule has 0 saturated heterocycles. The van der Waals surface area contributed by atoms with Crippen LogP contribution in [0.1, 0.15) is 55.6 Å². The molecular weight excluding hydrogens is 474 g/mol. The molecule has 0 spiro atoms. The lowest BCUT2D eigenvalue weighted by Crippen LogP contribution is -2.38. The number of halogens is 4. The van der Waals surface area contributed by atoms with Gasteiger partial charge in [0, 0.05) is 11.6 Å². The molecule has 0 bridgehead atoms. The van der Waals surface area contributed by atoms with Crippen LogP contribution in [0.25, 0.3) is 0 Å². The lowest BCUT2D eigenvalue weighted by Gasteiger charge is -2.34. The number of carbonyl (C=O) groups is 1. The maximum Gasteiger partial charge on any atom is 0.416 e. The van der Waals surface area contributed by atoms with Crippen molar-refractivity contribution in [3.63, 3.8) is 0 Å². The minimum atomic E-state index is -4.74. The SMILES string of the molecule is COc1ccc(NC(=O)C2CC2)c(C2CCC(F)(S(=O)(=O)c3cccc(C(F)(F)F)c3)CC2)c1. The van der Waals surface area contributed by atoms with Crippen molar-refractivity contribution in [1.82, 2.24) is 0 Å². The number of hydrogen-bond donors (Lipinski definition) is 1. The average molecular weight is 500 g/mol. The van der Waals surface area contributed by atoms with Crippen molar-refractivity contribution in [3.8, 4) is 5.75 Å². The minimum absolute atomic E-state index is 0.0163. The molecule has 2 fully saturated rings. The Morgan fingerprint density at radius 2 is 1.74 bits per heavy atom. The molecule has 0 unspecified atom stereocenters. The van der Waals surface area contributed by atoms with E-state index in [0.29, 0.717) is 17.5 Å². The van der Waals surface area contributed by atoms with E-state index < -0.39 is 31.5 Å². The van der Waals surface area contributed by atoms with Crippen LogP contribution in [0.3, 0.4) is 0 Å². The summed E-state index contributed by atoms with van der Waals surface area (Å²) in [6.45, 7) is 0. The average Bonchev–Trinajstić information content (AvgIpc) is 3.65. The Balaban J connectivity index is 1.56. The van der Waals surface area contributed by atoms with Gasteiger partial charge in [0.25, 0.3) is 0 Å². The predicted molar refractivity (Wildman–Crippen MR) is 118 cm³/mol. The Morgan fingerprint density at radius 1 is 1.06 bits per heavy atom. The van der Waals surface area contributed by atoms with Gasteiger partial charge >= 0.3 is 6.18 Å². The number of rotatable bonds is 6. The predicted octanol–water partition coefficient (Wildman–Crippen LogP) is 5.86. The number of carbonyl (C=O) groups excluding carboxylic acids is 1. The number of hydrogen-bond acceptors (Lipinski definition) is 4. The van der Waals surface area contributed by atoms with Gasteiger partial charge in [0.15, 0.2) is 0 Å². The zero-order valence-electron chi connectivity index (χ0n) is 18.5. The molecule has 2 saturated carbocycles. The first-order valence-corrected chi connectivity index (χ1v) is 12.5. The Morgan fingerprint density at radius 3 is 2.32 bits per heavy atom. The summed E-state index contributed by atoms with van der Waals surface area (Å²) in [4.78, 5) is 11.6. The van der Waals surface area contributed by atoms with Gasteiger partial charge in [-0.15, -0.1) is 0 Å². The first kappa shape index (κ1) is 24.5. The third-order valence-corrected chi connectivity index (χ3v) is 8.84. The Kier molecular flexibility index (Phi) is 6.39. The molecule has 0 atom stereocenters. The molecule has 2 aromatic rings. The molecule has 1 N–H and O–H groups in total. The standard InChI is InChI=1S/C24H25F4NO4S/c1-33-18-7-8-21(29-22(30)16-5-6-16)20(14-18)15-9-11-23(25,12-10-15)34(31,32)19-4-2-3-17(13-19)24(26,27)28/h2-4,7-8,13-16H,5-6,9-12H2,1H3,(H,29,30). The lowest BCUT2D eigenvalue weighted by molar-refractivity contribution is -0.137. The fraction of sp³-hybridized carbons (Fsp3) is 0.458. The smallest absolute Gasteiger partial charge is 0.416 e.